The van der Waals surface area contributed by atoms with Gasteiger partial charge in [-0.2, -0.15) is 5.10 Å². The summed E-state index contributed by atoms with van der Waals surface area (Å²) >= 11 is 0. The zero-order valence-corrected chi connectivity index (χ0v) is 13.5. The Morgan fingerprint density at radius 3 is 2.64 bits per heavy atom. The average molecular weight is 303 g/mol. The first-order valence-corrected chi connectivity index (χ1v) is 7.59. The SMILES string of the molecule is Cc1nc(C)n(C2CCCN(C(=O)c3c(C)noc3C)C2)n1. The topological polar surface area (TPSA) is 77.0 Å². The van der Waals surface area contributed by atoms with Crippen LogP contribution < -0.4 is 0 Å². The van der Waals surface area contributed by atoms with E-state index in [1.807, 2.05) is 23.4 Å². The van der Waals surface area contributed by atoms with Gasteiger partial charge in [-0.1, -0.05) is 5.16 Å². The van der Waals surface area contributed by atoms with Crippen LogP contribution in [-0.4, -0.2) is 43.8 Å². The zero-order valence-electron chi connectivity index (χ0n) is 13.5. The van der Waals surface area contributed by atoms with E-state index in [2.05, 4.69) is 15.2 Å². The van der Waals surface area contributed by atoms with Crippen LogP contribution in [0.5, 0.6) is 0 Å². The van der Waals surface area contributed by atoms with Gasteiger partial charge in [0.25, 0.3) is 5.91 Å². The molecule has 0 N–H and O–H groups in total. The predicted octanol–water partition coefficient (Wildman–Crippen LogP) is 1.98. The molecule has 2 aromatic rings. The van der Waals surface area contributed by atoms with Gasteiger partial charge in [0.2, 0.25) is 0 Å². The second kappa shape index (κ2) is 5.55. The highest BCUT2D eigenvalue weighted by atomic mass is 16.5. The molecule has 118 valence electrons. The van der Waals surface area contributed by atoms with E-state index in [9.17, 15) is 4.79 Å². The van der Waals surface area contributed by atoms with Crippen LogP contribution in [0.3, 0.4) is 0 Å². The van der Waals surface area contributed by atoms with Gasteiger partial charge in [0, 0.05) is 13.1 Å². The molecule has 0 aliphatic carbocycles. The number of hydrogen-bond donors (Lipinski definition) is 0. The summed E-state index contributed by atoms with van der Waals surface area (Å²) in [6, 6.07) is 0.180. The molecular weight excluding hydrogens is 282 g/mol. The molecule has 1 unspecified atom stereocenters. The highest BCUT2D eigenvalue weighted by molar-refractivity contribution is 5.96. The number of rotatable bonds is 2. The van der Waals surface area contributed by atoms with Crippen molar-refractivity contribution in [3.63, 3.8) is 0 Å². The normalized spacial score (nSPS) is 18.7. The molecular formula is C15H21N5O2. The Hall–Kier alpha value is -2.18. The summed E-state index contributed by atoms with van der Waals surface area (Å²) in [7, 11) is 0. The summed E-state index contributed by atoms with van der Waals surface area (Å²) < 4.78 is 7.06. The number of amides is 1. The summed E-state index contributed by atoms with van der Waals surface area (Å²) in [6.07, 6.45) is 1.97. The molecule has 1 aliphatic heterocycles. The fourth-order valence-corrected chi connectivity index (χ4v) is 3.17. The first-order chi connectivity index (χ1) is 10.5. The molecule has 0 aromatic carbocycles. The van der Waals surface area contributed by atoms with Gasteiger partial charge in [0.05, 0.1) is 11.7 Å². The highest BCUT2D eigenvalue weighted by Gasteiger charge is 2.30. The third-order valence-corrected chi connectivity index (χ3v) is 4.18. The Bertz CT molecular complexity index is 683. The third kappa shape index (κ3) is 2.51. The molecule has 0 spiro atoms. The van der Waals surface area contributed by atoms with E-state index in [0.717, 1.165) is 31.0 Å². The Balaban J connectivity index is 1.81. The molecule has 0 bridgehead atoms. The molecule has 1 amide bonds. The molecule has 1 saturated heterocycles. The van der Waals surface area contributed by atoms with Crippen LogP contribution in [-0.2, 0) is 0 Å². The Labute approximate surface area is 129 Å². The Morgan fingerprint density at radius 2 is 2.05 bits per heavy atom. The maximum Gasteiger partial charge on any atom is 0.259 e. The van der Waals surface area contributed by atoms with Crippen LogP contribution in [0.2, 0.25) is 0 Å². The summed E-state index contributed by atoms with van der Waals surface area (Å²) in [5.41, 5.74) is 1.24. The largest absolute Gasteiger partial charge is 0.361 e. The highest BCUT2D eigenvalue weighted by Crippen LogP contribution is 2.25. The lowest BCUT2D eigenvalue weighted by atomic mass is 10.0. The van der Waals surface area contributed by atoms with Gasteiger partial charge in [-0.15, -0.1) is 0 Å². The number of likely N-dealkylation sites (tertiary alicyclic amines) is 1. The van der Waals surface area contributed by atoms with Gasteiger partial charge in [-0.25, -0.2) is 9.67 Å². The fourth-order valence-electron chi connectivity index (χ4n) is 3.17. The standard InChI is InChI=1S/C15H21N5O2/c1-9-14(10(2)22-18-9)15(21)19-7-5-6-13(8-19)20-12(4)16-11(3)17-20/h13H,5-8H2,1-4H3. The van der Waals surface area contributed by atoms with E-state index in [0.29, 0.717) is 23.6 Å². The molecule has 7 heteroatoms. The van der Waals surface area contributed by atoms with E-state index in [-0.39, 0.29) is 11.9 Å². The van der Waals surface area contributed by atoms with Crippen LogP contribution in [0.1, 0.15) is 52.3 Å². The molecule has 3 rings (SSSR count). The molecule has 7 nitrogen and oxygen atoms in total. The molecule has 0 radical (unpaired) electrons. The lowest BCUT2D eigenvalue weighted by Gasteiger charge is -2.33. The number of piperidine rings is 1. The van der Waals surface area contributed by atoms with Crippen molar-refractivity contribution < 1.29 is 9.32 Å². The molecule has 22 heavy (non-hydrogen) atoms. The van der Waals surface area contributed by atoms with E-state index in [4.69, 9.17) is 4.52 Å². The van der Waals surface area contributed by atoms with Crippen molar-refractivity contribution in [1.82, 2.24) is 24.8 Å². The van der Waals surface area contributed by atoms with Gasteiger partial charge in [-0.3, -0.25) is 4.79 Å². The first kappa shape index (κ1) is 14.7. The summed E-state index contributed by atoms with van der Waals surface area (Å²) in [6.45, 7) is 8.82. The molecule has 2 aromatic heterocycles. The van der Waals surface area contributed by atoms with Gasteiger partial charge in [-0.05, 0) is 40.5 Å². The van der Waals surface area contributed by atoms with E-state index in [1.165, 1.54) is 0 Å². The lowest BCUT2D eigenvalue weighted by molar-refractivity contribution is 0.0669. The van der Waals surface area contributed by atoms with Crippen molar-refractivity contribution in [2.24, 2.45) is 0 Å². The number of hydrogen-bond acceptors (Lipinski definition) is 5. The lowest BCUT2D eigenvalue weighted by Crippen LogP contribution is -2.41. The number of carbonyl (C=O) groups is 1. The zero-order chi connectivity index (χ0) is 15.9. The first-order valence-electron chi connectivity index (χ1n) is 7.59. The molecule has 1 fully saturated rings. The van der Waals surface area contributed by atoms with E-state index >= 15 is 0 Å². The van der Waals surface area contributed by atoms with Crippen molar-refractivity contribution in [2.75, 3.05) is 13.1 Å². The quantitative estimate of drug-likeness (QED) is 0.847. The second-order valence-corrected chi connectivity index (χ2v) is 5.90. The molecule has 0 saturated carbocycles. The monoisotopic (exact) mass is 303 g/mol. The minimum atomic E-state index is -0.00422. The average Bonchev–Trinajstić information content (AvgIpc) is 3.00. The van der Waals surface area contributed by atoms with Crippen LogP contribution in [0.15, 0.2) is 4.52 Å². The van der Waals surface area contributed by atoms with E-state index in [1.54, 1.807) is 13.8 Å². The van der Waals surface area contributed by atoms with Crippen LogP contribution in [0.4, 0.5) is 0 Å². The van der Waals surface area contributed by atoms with Crippen molar-refractivity contribution in [3.8, 4) is 0 Å². The van der Waals surface area contributed by atoms with Crippen molar-refractivity contribution in [2.45, 2.75) is 46.6 Å². The van der Waals surface area contributed by atoms with Gasteiger partial charge >= 0.3 is 0 Å². The van der Waals surface area contributed by atoms with Crippen LogP contribution >= 0.6 is 0 Å². The second-order valence-electron chi connectivity index (χ2n) is 5.90. The number of aryl methyl sites for hydroxylation is 4. The van der Waals surface area contributed by atoms with Crippen LogP contribution in [0.25, 0.3) is 0 Å². The van der Waals surface area contributed by atoms with Crippen molar-refractivity contribution in [3.05, 3.63) is 28.7 Å². The summed E-state index contributed by atoms with van der Waals surface area (Å²) in [5, 5.41) is 8.34. The van der Waals surface area contributed by atoms with Gasteiger partial charge < -0.3 is 9.42 Å². The van der Waals surface area contributed by atoms with Crippen LogP contribution in [0, 0.1) is 27.7 Å². The minimum absolute atomic E-state index is 0.00422. The number of aromatic nitrogens is 4. The van der Waals surface area contributed by atoms with Crippen molar-refractivity contribution >= 4 is 5.91 Å². The Kier molecular flexibility index (Phi) is 3.72. The Morgan fingerprint density at radius 1 is 1.27 bits per heavy atom. The number of nitrogens with zero attached hydrogens (tertiary/aromatic N) is 5. The maximum absolute atomic E-state index is 12.8. The minimum Gasteiger partial charge on any atom is -0.361 e. The van der Waals surface area contributed by atoms with Gasteiger partial charge in [0.15, 0.2) is 0 Å². The number of carbonyl (C=O) groups excluding carboxylic acids is 1. The maximum atomic E-state index is 12.8. The fraction of sp³-hybridized carbons (Fsp3) is 0.600. The summed E-state index contributed by atoms with van der Waals surface area (Å²) in [4.78, 5) is 19.0. The summed E-state index contributed by atoms with van der Waals surface area (Å²) in [5.74, 6) is 2.24. The molecule has 1 aliphatic rings. The predicted molar refractivity (Wildman–Crippen MR) is 79.6 cm³/mol. The van der Waals surface area contributed by atoms with E-state index < -0.39 is 0 Å². The smallest absolute Gasteiger partial charge is 0.259 e. The third-order valence-electron chi connectivity index (χ3n) is 4.18. The van der Waals surface area contributed by atoms with Gasteiger partial charge in [0.1, 0.15) is 23.0 Å². The molecule has 1 atom stereocenters. The molecule has 3 heterocycles. The van der Waals surface area contributed by atoms with Crippen molar-refractivity contribution in [1.29, 1.82) is 0 Å².